The maximum Gasteiger partial charge on any atom is 0.305 e. The van der Waals surface area contributed by atoms with Crippen molar-refractivity contribution >= 4 is 70.1 Å². The SMILES string of the molecule is CCN(CC)CCN(CCNCCc1ccc(O)c2[nH]c(=O)sc12)C(=O)CCOCCc1cccc(Cl)c1.O=S(=O)(O)c1cccc2c(S(=O)(=O)O)cccc12. The number of nitrogens with zero attached hydrogens (tertiary/aromatic N) is 2. The number of nitrogens with one attached hydrogen (secondary N) is 2. The molecule has 5 rings (SSSR count). The predicted molar refractivity (Wildman–Crippen MR) is 219 cm³/mol. The predicted octanol–water partition coefficient (Wildman–Crippen LogP) is 5.23. The van der Waals surface area contributed by atoms with E-state index in [1.807, 2.05) is 35.2 Å². The molecule has 304 valence electrons. The Hall–Kier alpha value is -3.91. The van der Waals surface area contributed by atoms with Crippen molar-refractivity contribution in [2.75, 3.05) is 59.0 Å². The average molecular weight is 851 g/mol. The molecule has 18 heteroatoms. The quantitative estimate of drug-likeness (QED) is 0.0535. The minimum Gasteiger partial charge on any atom is -0.506 e. The van der Waals surface area contributed by atoms with E-state index in [1.54, 1.807) is 6.07 Å². The molecule has 0 fully saturated rings. The fraction of sp³-hybridized carbons (Fsp3) is 0.368. The Morgan fingerprint density at radius 3 is 2.09 bits per heavy atom. The van der Waals surface area contributed by atoms with Crippen LogP contribution in [0, 0.1) is 0 Å². The molecule has 1 aromatic heterocycles. The standard InChI is InChI=1S/C28H39ClN4O4S.C10H8O6S2/c1-3-32(4-2)16-17-33(25(35)12-19-37-18-11-21-6-5-7-23(29)20-21)15-14-30-13-10-22-8-9-24(34)26-27(22)38-28(36)31-26;11-17(12,13)9-5-1-3-7-8(9)4-2-6-10(7)18(14,15)16/h5-9,20,30,34H,3-4,10-19H2,1-2H3,(H,31,36);1-6H,(H,11,12,13)(H,14,15,16). The number of ether oxygens (including phenoxy) is 1. The molecule has 1 heterocycles. The van der Waals surface area contributed by atoms with Crippen LogP contribution in [0.4, 0.5) is 0 Å². The van der Waals surface area contributed by atoms with Crippen LogP contribution in [-0.4, -0.2) is 111 Å². The number of hydrogen-bond acceptors (Lipinski definition) is 11. The number of carbonyl (C=O) groups is 1. The average Bonchev–Trinajstić information content (AvgIpc) is 3.56. The summed E-state index contributed by atoms with van der Waals surface area (Å²) in [5.41, 5.74) is 2.63. The molecule has 0 saturated heterocycles. The van der Waals surface area contributed by atoms with Gasteiger partial charge in [0.2, 0.25) is 5.91 Å². The molecule has 0 saturated carbocycles. The minimum absolute atomic E-state index is 0.0233. The molecular weight excluding hydrogens is 804 g/mol. The molecule has 0 aliphatic rings. The number of rotatable bonds is 19. The highest BCUT2D eigenvalue weighted by molar-refractivity contribution is 7.86. The highest BCUT2D eigenvalue weighted by atomic mass is 35.5. The molecule has 0 atom stereocenters. The minimum atomic E-state index is -4.47. The van der Waals surface area contributed by atoms with Gasteiger partial charge in [0, 0.05) is 42.0 Å². The van der Waals surface area contributed by atoms with E-state index in [0.717, 1.165) is 71.8 Å². The lowest BCUT2D eigenvalue weighted by Gasteiger charge is -2.27. The molecule has 0 unspecified atom stereocenters. The Morgan fingerprint density at radius 2 is 1.48 bits per heavy atom. The molecule has 56 heavy (non-hydrogen) atoms. The topological polar surface area (TPSA) is 207 Å². The Balaban J connectivity index is 0.000000321. The summed E-state index contributed by atoms with van der Waals surface area (Å²) < 4.78 is 69.2. The zero-order valence-corrected chi connectivity index (χ0v) is 34.3. The van der Waals surface area contributed by atoms with E-state index in [-0.39, 0.29) is 27.3 Å². The van der Waals surface area contributed by atoms with Crippen molar-refractivity contribution in [2.45, 2.75) is 42.9 Å². The normalized spacial score (nSPS) is 11.9. The summed E-state index contributed by atoms with van der Waals surface area (Å²) in [5, 5.41) is 14.2. The molecule has 0 radical (unpaired) electrons. The number of amides is 1. The highest BCUT2D eigenvalue weighted by Crippen LogP contribution is 2.29. The molecule has 4 aromatic carbocycles. The molecule has 14 nitrogen and oxygen atoms in total. The number of carbonyl (C=O) groups excluding carboxylic acids is 1. The largest absolute Gasteiger partial charge is 0.506 e. The maximum atomic E-state index is 13.0. The first-order valence-corrected chi connectivity index (χ1v) is 22.0. The number of hydrogen-bond donors (Lipinski definition) is 5. The molecule has 0 spiro atoms. The Morgan fingerprint density at radius 1 is 0.839 bits per heavy atom. The van der Waals surface area contributed by atoms with Crippen LogP contribution in [0.5, 0.6) is 5.75 Å². The van der Waals surface area contributed by atoms with Crippen molar-refractivity contribution in [3.05, 3.63) is 98.6 Å². The highest BCUT2D eigenvalue weighted by Gasteiger charge is 2.19. The number of benzene rings is 4. The zero-order chi connectivity index (χ0) is 40.9. The first-order valence-electron chi connectivity index (χ1n) is 18.0. The number of H-pyrrole nitrogens is 1. The summed E-state index contributed by atoms with van der Waals surface area (Å²) in [4.78, 5) is 30.7. The van der Waals surface area contributed by atoms with Gasteiger partial charge in [-0.25, -0.2) is 0 Å². The van der Waals surface area contributed by atoms with Gasteiger partial charge in [0.05, 0.1) is 24.3 Å². The van der Waals surface area contributed by atoms with Gasteiger partial charge in [-0.1, -0.05) is 79.2 Å². The summed E-state index contributed by atoms with van der Waals surface area (Å²) >= 11 is 7.15. The third-order valence-electron chi connectivity index (χ3n) is 8.98. The summed E-state index contributed by atoms with van der Waals surface area (Å²) in [6, 6.07) is 18.7. The molecule has 0 bridgehead atoms. The first-order chi connectivity index (χ1) is 26.6. The van der Waals surface area contributed by atoms with E-state index in [0.29, 0.717) is 56.4 Å². The Labute approximate surface area is 335 Å². The van der Waals surface area contributed by atoms with Crippen LogP contribution in [-0.2, 0) is 42.6 Å². The second-order valence-electron chi connectivity index (χ2n) is 12.7. The van der Waals surface area contributed by atoms with Crippen LogP contribution in [0.15, 0.2) is 87.4 Å². The zero-order valence-electron chi connectivity index (χ0n) is 31.1. The van der Waals surface area contributed by atoms with Gasteiger partial charge in [0.25, 0.3) is 20.2 Å². The van der Waals surface area contributed by atoms with Crippen molar-refractivity contribution in [1.82, 2.24) is 20.1 Å². The van der Waals surface area contributed by atoms with Gasteiger partial charge in [0.1, 0.15) is 21.1 Å². The van der Waals surface area contributed by atoms with Crippen LogP contribution in [0.25, 0.3) is 21.0 Å². The number of halogens is 1. The molecule has 5 N–H and O–H groups in total. The Bertz CT molecular complexity index is 2290. The molecule has 0 aliphatic carbocycles. The summed E-state index contributed by atoms with van der Waals surface area (Å²) in [6.07, 6.45) is 1.83. The van der Waals surface area contributed by atoms with Crippen molar-refractivity contribution in [1.29, 1.82) is 0 Å². The molecule has 1 amide bonds. The number of fused-ring (bicyclic) bond motifs is 2. The fourth-order valence-corrected chi connectivity index (χ4v) is 8.52. The summed E-state index contributed by atoms with van der Waals surface area (Å²) in [7, 11) is -8.94. The monoisotopic (exact) mass is 850 g/mol. The van der Waals surface area contributed by atoms with Crippen LogP contribution in [0.2, 0.25) is 5.02 Å². The number of phenols is 1. The van der Waals surface area contributed by atoms with Crippen molar-refractivity contribution in [3.63, 3.8) is 0 Å². The van der Waals surface area contributed by atoms with Gasteiger partial charge in [-0.3, -0.25) is 18.7 Å². The van der Waals surface area contributed by atoms with Gasteiger partial charge < -0.3 is 29.9 Å². The lowest BCUT2D eigenvalue weighted by molar-refractivity contribution is -0.132. The lowest BCUT2D eigenvalue weighted by atomic mass is 10.1. The van der Waals surface area contributed by atoms with E-state index in [2.05, 4.69) is 29.0 Å². The fourth-order valence-electron chi connectivity index (χ4n) is 6.00. The van der Waals surface area contributed by atoms with Crippen molar-refractivity contribution in [3.8, 4) is 5.75 Å². The third kappa shape index (κ3) is 13.1. The Kier molecular flexibility index (Phi) is 16.8. The smallest absolute Gasteiger partial charge is 0.305 e. The molecule has 0 aliphatic heterocycles. The number of phenolic OH excluding ortho intramolecular Hbond substituents is 1. The van der Waals surface area contributed by atoms with Crippen LogP contribution in [0.1, 0.15) is 31.4 Å². The van der Waals surface area contributed by atoms with E-state index in [1.165, 1.54) is 24.3 Å². The van der Waals surface area contributed by atoms with Crippen molar-refractivity contribution < 1.29 is 40.6 Å². The van der Waals surface area contributed by atoms with Gasteiger partial charge in [0.15, 0.2) is 0 Å². The number of aromatic nitrogens is 1. The second-order valence-corrected chi connectivity index (χ2v) is 16.9. The molecule has 5 aromatic rings. The van der Waals surface area contributed by atoms with Crippen molar-refractivity contribution in [2.24, 2.45) is 0 Å². The van der Waals surface area contributed by atoms with Gasteiger partial charge in [-0.05, 0) is 73.9 Å². The van der Waals surface area contributed by atoms with Crippen LogP contribution >= 0.6 is 22.9 Å². The van der Waals surface area contributed by atoms with E-state index < -0.39 is 30.0 Å². The lowest BCUT2D eigenvalue weighted by Crippen LogP contribution is -2.42. The number of thiazole rings is 1. The number of likely N-dealkylation sites (N-methyl/N-ethyl adjacent to an activating group) is 1. The van der Waals surface area contributed by atoms with Crippen LogP contribution in [0.3, 0.4) is 0 Å². The molecular formula is C38H47ClN4O10S3. The van der Waals surface area contributed by atoms with Gasteiger partial charge >= 0.3 is 4.87 Å². The van der Waals surface area contributed by atoms with E-state index in [4.69, 9.17) is 25.4 Å². The van der Waals surface area contributed by atoms with E-state index >= 15 is 0 Å². The first kappa shape index (κ1) is 44.8. The van der Waals surface area contributed by atoms with Crippen LogP contribution < -0.4 is 10.2 Å². The maximum absolute atomic E-state index is 13.0. The second kappa shape index (κ2) is 21.0. The van der Waals surface area contributed by atoms with Gasteiger partial charge in [-0.15, -0.1) is 0 Å². The van der Waals surface area contributed by atoms with E-state index in [9.17, 15) is 31.5 Å². The number of aromatic amines is 1. The summed E-state index contributed by atoms with van der Waals surface area (Å²) in [6.45, 7) is 10.6. The van der Waals surface area contributed by atoms with Gasteiger partial charge in [-0.2, -0.15) is 16.8 Å². The summed E-state index contributed by atoms with van der Waals surface area (Å²) in [5.74, 6) is 0.185. The third-order valence-corrected chi connectivity index (χ3v) is 12.0. The number of aromatic hydroxyl groups is 1.